The highest BCUT2D eigenvalue weighted by molar-refractivity contribution is 6.00. The van der Waals surface area contributed by atoms with Crippen molar-refractivity contribution in [2.24, 2.45) is 0 Å². The van der Waals surface area contributed by atoms with E-state index in [9.17, 15) is 9.90 Å². The van der Waals surface area contributed by atoms with Crippen LogP contribution in [0.5, 0.6) is 23.0 Å². The lowest BCUT2D eigenvalue weighted by Crippen LogP contribution is -2.33. The predicted octanol–water partition coefficient (Wildman–Crippen LogP) is 7.01. The molecule has 0 aliphatic carbocycles. The van der Waals surface area contributed by atoms with E-state index in [2.05, 4.69) is 0 Å². The van der Waals surface area contributed by atoms with Crippen LogP contribution in [0.3, 0.4) is 0 Å². The molecule has 1 heterocycles. The van der Waals surface area contributed by atoms with Crippen molar-refractivity contribution >= 4 is 5.78 Å². The lowest BCUT2D eigenvalue weighted by molar-refractivity contribution is 0.0812. The van der Waals surface area contributed by atoms with E-state index in [1.807, 2.05) is 87.5 Å². The van der Waals surface area contributed by atoms with Gasteiger partial charge in [-0.15, -0.1) is 0 Å². The number of benzene rings is 4. The molecule has 0 saturated heterocycles. The Morgan fingerprint density at radius 3 is 2.15 bits per heavy atom. The normalized spacial score (nSPS) is 13.6. The van der Waals surface area contributed by atoms with Crippen LogP contribution < -0.4 is 18.9 Å². The molecule has 0 aromatic heterocycles. The average Bonchev–Trinajstić information content (AvgIpc) is 2.98. The summed E-state index contributed by atoms with van der Waals surface area (Å²) in [5.41, 5.74) is 4.42. The maximum absolute atomic E-state index is 13.6. The molecule has 0 unspecified atom stereocenters. The van der Waals surface area contributed by atoms with Crippen LogP contribution in [0.2, 0.25) is 0 Å². The topological polar surface area (TPSA) is 74.2 Å². The van der Waals surface area contributed by atoms with Crippen molar-refractivity contribution in [2.45, 2.75) is 59.0 Å². The van der Waals surface area contributed by atoms with Gasteiger partial charge in [0, 0.05) is 16.7 Å². The molecule has 41 heavy (non-hydrogen) atoms. The summed E-state index contributed by atoms with van der Waals surface area (Å²) >= 11 is 0. The highest BCUT2D eigenvalue weighted by atomic mass is 16.5. The van der Waals surface area contributed by atoms with Crippen molar-refractivity contribution in [3.8, 4) is 23.0 Å². The van der Waals surface area contributed by atoms with Gasteiger partial charge in [-0.2, -0.15) is 0 Å². The van der Waals surface area contributed by atoms with E-state index in [1.165, 1.54) is 0 Å². The number of ether oxygens (including phenoxy) is 4. The molecule has 1 N–H and O–H groups in total. The first-order valence-electron chi connectivity index (χ1n) is 13.9. The second-order valence-electron chi connectivity index (χ2n) is 10.9. The molecule has 0 amide bonds. The van der Waals surface area contributed by atoms with E-state index in [1.54, 1.807) is 18.2 Å². The van der Waals surface area contributed by atoms with Gasteiger partial charge in [-0.05, 0) is 69.0 Å². The van der Waals surface area contributed by atoms with Crippen molar-refractivity contribution in [3.63, 3.8) is 0 Å². The van der Waals surface area contributed by atoms with E-state index < -0.39 is 0 Å². The van der Waals surface area contributed by atoms with Crippen LogP contribution in [0.4, 0.5) is 0 Å². The number of hydrogen-bond acceptors (Lipinski definition) is 6. The Morgan fingerprint density at radius 1 is 0.829 bits per heavy atom. The van der Waals surface area contributed by atoms with Crippen molar-refractivity contribution < 1.29 is 28.8 Å². The van der Waals surface area contributed by atoms with Crippen LogP contribution in [0, 0.1) is 6.92 Å². The summed E-state index contributed by atoms with van der Waals surface area (Å²) < 4.78 is 24.7. The maximum Gasteiger partial charge on any atom is 0.203 e. The minimum atomic E-state index is -0.284. The zero-order valence-corrected chi connectivity index (χ0v) is 23.8. The zero-order valence-electron chi connectivity index (χ0n) is 23.8. The van der Waals surface area contributed by atoms with Gasteiger partial charge >= 0.3 is 0 Å². The minimum absolute atomic E-state index is 0.196. The molecule has 212 valence electrons. The summed E-state index contributed by atoms with van der Waals surface area (Å²) in [5.74, 6) is 2.12. The number of fused-ring (bicyclic) bond motifs is 1. The van der Waals surface area contributed by atoms with Crippen LogP contribution >= 0.6 is 0 Å². The second-order valence-corrected chi connectivity index (χ2v) is 10.9. The number of rotatable bonds is 11. The fourth-order valence-corrected chi connectivity index (χ4v) is 4.99. The molecule has 4 aromatic rings. The molecule has 0 atom stereocenters. The predicted molar refractivity (Wildman–Crippen MR) is 158 cm³/mol. The molecule has 0 bridgehead atoms. The molecule has 1 aliphatic heterocycles. The van der Waals surface area contributed by atoms with Gasteiger partial charge < -0.3 is 24.1 Å². The third-order valence-corrected chi connectivity index (χ3v) is 7.30. The van der Waals surface area contributed by atoms with E-state index in [0.717, 1.165) is 40.8 Å². The Kier molecular flexibility index (Phi) is 8.60. The molecule has 0 spiro atoms. The number of hydrogen-bond donors (Lipinski definition) is 1. The van der Waals surface area contributed by atoms with E-state index in [-0.39, 0.29) is 24.6 Å². The molecular weight excluding hydrogens is 516 g/mol. The molecule has 5 rings (SSSR count). The molecule has 0 radical (unpaired) electrons. The van der Waals surface area contributed by atoms with Crippen molar-refractivity contribution in [1.82, 2.24) is 0 Å². The molecule has 4 aromatic carbocycles. The van der Waals surface area contributed by atoms with Crippen LogP contribution in [0.15, 0.2) is 84.9 Å². The van der Waals surface area contributed by atoms with Crippen LogP contribution in [-0.2, 0) is 26.2 Å². The summed E-state index contributed by atoms with van der Waals surface area (Å²) in [6, 6.07) is 26.9. The average molecular weight is 553 g/mol. The molecular formula is C35H36O6. The first-order valence-corrected chi connectivity index (χ1v) is 13.9. The fourth-order valence-electron chi connectivity index (χ4n) is 4.99. The Hall–Kier alpha value is -4.29. The first-order chi connectivity index (χ1) is 19.8. The number of Topliss-reactive ketones (excluding diaryl/α,β-unsaturated/α-hetero) is 1. The smallest absolute Gasteiger partial charge is 0.203 e. The Labute approximate surface area is 241 Å². The van der Waals surface area contributed by atoms with Crippen molar-refractivity contribution in [2.75, 3.05) is 6.61 Å². The summed E-state index contributed by atoms with van der Waals surface area (Å²) in [6.07, 6.45) is 1.54. The summed E-state index contributed by atoms with van der Waals surface area (Å²) in [6.45, 7) is 6.29. The van der Waals surface area contributed by atoms with E-state index in [0.29, 0.717) is 41.6 Å². The van der Waals surface area contributed by atoms with Crippen molar-refractivity contribution in [3.05, 3.63) is 118 Å². The molecule has 1 aliphatic rings. The van der Waals surface area contributed by atoms with Crippen LogP contribution in [0.25, 0.3) is 0 Å². The Bertz CT molecular complexity index is 1490. The second kappa shape index (κ2) is 12.5. The highest BCUT2D eigenvalue weighted by Gasteiger charge is 2.30. The van der Waals surface area contributed by atoms with Gasteiger partial charge in [0.1, 0.15) is 41.8 Å². The largest absolute Gasteiger partial charge is 0.488 e. The lowest BCUT2D eigenvalue weighted by atomic mass is 9.92. The number of carbonyl (C=O) groups excluding carboxylic acids is 1. The zero-order chi connectivity index (χ0) is 28.8. The monoisotopic (exact) mass is 552 g/mol. The quantitative estimate of drug-likeness (QED) is 0.202. The summed E-state index contributed by atoms with van der Waals surface area (Å²) in [4.78, 5) is 13.6. The van der Waals surface area contributed by atoms with Gasteiger partial charge in [-0.25, -0.2) is 0 Å². The van der Waals surface area contributed by atoms with Gasteiger partial charge in [-0.3, -0.25) is 4.79 Å². The van der Waals surface area contributed by atoms with Gasteiger partial charge in [0.25, 0.3) is 0 Å². The lowest BCUT2D eigenvalue weighted by Gasteiger charge is -2.33. The number of ketones is 1. The molecule has 6 heteroatoms. The van der Waals surface area contributed by atoms with Crippen LogP contribution in [-0.4, -0.2) is 23.1 Å². The van der Waals surface area contributed by atoms with Crippen LogP contribution in [0.1, 0.15) is 58.4 Å². The highest BCUT2D eigenvalue weighted by Crippen LogP contribution is 2.41. The maximum atomic E-state index is 13.6. The summed E-state index contributed by atoms with van der Waals surface area (Å²) in [5, 5.41) is 9.99. The van der Waals surface area contributed by atoms with Gasteiger partial charge in [-0.1, -0.05) is 60.7 Å². The first kappa shape index (κ1) is 28.2. The summed E-state index contributed by atoms with van der Waals surface area (Å²) in [7, 11) is 0. The third-order valence-electron chi connectivity index (χ3n) is 7.30. The van der Waals surface area contributed by atoms with E-state index >= 15 is 0 Å². The van der Waals surface area contributed by atoms with Gasteiger partial charge in [0.2, 0.25) is 5.78 Å². The standard InChI is InChI=1S/C35H36O6/c1-24-31(38-21-25-10-6-4-7-11-25)17-15-28(33(24)39-22-26-12-8-5-9-13-26)30(37)23-40-34-27(20-36)14-16-32-29(34)18-19-35(2,3)41-32/h4-17,36H,18-23H2,1-3H3. The molecule has 6 nitrogen and oxygen atoms in total. The third kappa shape index (κ3) is 6.72. The fraction of sp³-hybridized carbons (Fsp3) is 0.286. The van der Waals surface area contributed by atoms with Crippen molar-refractivity contribution in [1.29, 1.82) is 0 Å². The van der Waals surface area contributed by atoms with E-state index in [4.69, 9.17) is 18.9 Å². The number of carbonyl (C=O) groups is 1. The number of aliphatic hydroxyl groups is 1. The number of aliphatic hydroxyl groups excluding tert-OH is 1. The Morgan fingerprint density at radius 2 is 1.49 bits per heavy atom. The van der Waals surface area contributed by atoms with Gasteiger partial charge in [0.05, 0.1) is 12.2 Å². The SMILES string of the molecule is Cc1c(OCc2ccccc2)ccc(C(=O)COc2c(CO)ccc3c2CCC(C)(C)O3)c1OCc1ccccc1. The Balaban J connectivity index is 1.39. The minimum Gasteiger partial charge on any atom is -0.488 e. The molecule has 0 fully saturated rings. The molecule has 0 saturated carbocycles. The van der Waals surface area contributed by atoms with Gasteiger partial charge in [0.15, 0.2) is 6.61 Å².